The third-order valence-electron chi connectivity index (χ3n) is 4.00. The minimum atomic E-state index is -0.510. The first-order chi connectivity index (χ1) is 9.12. The minimum Gasteiger partial charge on any atom is -0.383 e. The van der Waals surface area contributed by atoms with E-state index in [1.807, 2.05) is 4.90 Å². The van der Waals surface area contributed by atoms with Gasteiger partial charge in [0.2, 0.25) is 5.91 Å². The topological polar surface area (TPSA) is 58.8 Å². The zero-order chi connectivity index (χ0) is 14.3. The lowest BCUT2D eigenvalue weighted by Gasteiger charge is -2.35. The fourth-order valence-corrected chi connectivity index (χ4v) is 2.67. The number of carbonyl (C=O) groups is 1. The van der Waals surface area contributed by atoms with E-state index in [2.05, 4.69) is 18.7 Å². The molecule has 0 aliphatic carbocycles. The summed E-state index contributed by atoms with van der Waals surface area (Å²) >= 11 is 0. The number of methoxy groups -OCH3 is 1. The molecule has 0 spiro atoms. The summed E-state index contributed by atoms with van der Waals surface area (Å²) in [5.41, 5.74) is 5.79. The fourth-order valence-electron chi connectivity index (χ4n) is 2.67. The van der Waals surface area contributed by atoms with Crippen molar-refractivity contribution in [3.63, 3.8) is 0 Å². The number of piperidine rings is 1. The molecular formula is C14H29N3O2. The van der Waals surface area contributed by atoms with Crippen LogP contribution in [-0.2, 0) is 9.53 Å². The molecule has 0 saturated carbocycles. The van der Waals surface area contributed by atoms with E-state index in [1.165, 1.54) is 0 Å². The molecule has 0 aromatic rings. The quantitative estimate of drug-likeness (QED) is 0.734. The number of likely N-dealkylation sites (tertiary alicyclic amines) is 1. The van der Waals surface area contributed by atoms with E-state index >= 15 is 0 Å². The Morgan fingerprint density at radius 1 is 1.37 bits per heavy atom. The lowest BCUT2D eigenvalue weighted by molar-refractivity contribution is -0.135. The summed E-state index contributed by atoms with van der Waals surface area (Å²) in [6, 6.07) is -0.510. The maximum Gasteiger partial charge on any atom is 0.241 e. The molecule has 0 bridgehead atoms. The Bertz CT molecular complexity index is 261. The molecule has 0 aromatic heterocycles. The van der Waals surface area contributed by atoms with Gasteiger partial charge in [-0.05, 0) is 31.8 Å². The van der Waals surface area contributed by atoms with E-state index in [9.17, 15) is 4.79 Å². The normalized spacial score (nSPS) is 18.9. The second kappa shape index (κ2) is 8.51. The van der Waals surface area contributed by atoms with Crippen LogP contribution >= 0.6 is 0 Å². The van der Waals surface area contributed by atoms with Crippen LogP contribution in [0.25, 0.3) is 0 Å². The van der Waals surface area contributed by atoms with Crippen molar-refractivity contribution in [2.24, 2.45) is 11.7 Å². The maximum atomic E-state index is 12.0. The van der Waals surface area contributed by atoms with Crippen molar-refractivity contribution in [3.05, 3.63) is 0 Å². The number of hydrogen-bond donors (Lipinski definition) is 1. The maximum absolute atomic E-state index is 12.0. The Labute approximate surface area is 117 Å². The summed E-state index contributed by atoms with van der Waals surface area (Å²) in [5, 5.41) is 0. The lowest BCUT2D eigenvalue weighted by atomic mass is 9.95. The first kappa shape index (κ1) is 16.4. The van der Waals surface area contributed by atoms with Crippen LogP contribution < -0.4 is 5.73 Å². The van der Waals surface area contributed by atoms with Gasteiger partial charge in [0, 0.05) is 26.7 Å². The van der Waals surface area contributed by atoms with Gasteiger partial charge < -0.3 is 20.3 Å². The highest BCUT2D eigenvalue weighted by Crippen LogP contribution is 2.18. The number of amides is 1. The van der Waals surface area contributed by atoms with Gasteiger partial charge in [0.05, 0.1) is 6.61 Å². The molecule has 1 rings (SSSR count). The summed E-state index contributed by atoms with van der Waals surface area (Å²) in [4.78, 5) is 16.4. The minimum absolute atomic E-state index is 0.0307. The van der Waals surface area contributed by atoms with Crippen LogP contribution in [0.2, 0.25) is 0 Å². The van der Waals surface area contributed by atoms with Crippen molar-refractivity contribution < 1.29 is 9.53 Å². The first-order valence-corrected chi connectivity index (χ1v) is 7.38. The highest BCUT2D eigenvalue weighted by Gasteiger charge is 2.26. The second-order valence-corrected chi connectivity index (χ2v) is 5.32. The van der Waals surface area contributed by atoms with Gasteiger partial charge in [-0.15, -0.1) is 0 Å². The van der Waals surface area contributed by atoms with E-state index in [1.54, 1.807) is 7.11 Å². The largest absolute Gasteiger partial charge is 0.383 e. The second-order valence-electron chi connectivity index (χ2n) is 5.32. The van der Waals surface area contributed by atoms with Crippen LogP contribution in [0.15, 0.2) is 0 Å². The van der Waals surface area contributed by atoms with E-state index in [0.717, 1.165) is 45.6 Å². The number of nitrogens with two attached hydrogens (primary N) is 1. The highest BCUT2D eigenvalue weighted by molar-refractivity contribution is 5.81. The molecule has 5 heteroatoms. The highest BCUT2D eigenvalue weighted by atomic mass is 16.5. The molecule has 1 aliphatic heterocycles. The molecule has 1 amide bonds. The summed E-state index contributed by atoms with van der Waals surface area (Å²) in [7, 11) is 1.57. The van der Waals surface area contributed by atoms with Crippen molar-refractivity contribution in [3.8, 4) is 0 Å². The number of rotatable bonds is 7. The van der Waals surface area contributed by atoms with Gasteiger partial charge in [-0.1, -0.05) is 13.8 Å². The Balaban J connectivity index is 2.34. The van der Waals surface area contributed by atoms with Crippen molar-refractivity contribution in [1.82, 2.24) is 9.80 Å². The van der Waals surface area contributed by atoms with Crippen molar-refractivity contribution in [2.75, 3.05) is 46.4 Å². The van der Waals surface area contributed by atoms with Crippen LogP contribution in [0.1, 0.15) is 26.7 Å². The first-order valence-electron chi connectivity index (χ1n) is 7.38. The van der Waals surface area contributed by atoms with Gasteiger partial charge in [0.15, 0.2) is 0 Å². The number of nitrogens with zero attached hydrogens (tertiary/aromatic N) is 2. The average Bonchev–Trinajstić information content (AvgIpc) is 2.45. The summed E-state index contributed by atoms with van der Waals surface area (Å²) in [6.45, 7) is 9.74. The molecule has 112 valence electrons. The van der Waals surface area contributed by atoms with Gasteiger partial charge in [-0.2, -0.15) is 0 Å². The molecule has 5 nitrogen and oxygen atoms in total. The van der Waals surface area contributed by atoms with Gasteiger partial charge in [-0.3, -0.25) is 4.79 Å². The van der Waals surface area contributed by atoms with Gasteiger partial charge >= 0.3 is 0 Å². The fraction of sp³-hybridized carbons (Fsp3) is 0.929. The van der Waals surface area contributed by atoms with E-state index in [0.29, 0.717) is 12.5 Å². The van der Waals surface area contributed by atoms with Crippen LogP contribution in [0.3, 0.4) is 0 Å². The summed E-state index contributed by atoms with van der Waals surface area (Å²) < 4.78 is 4.94. The Kier molecular flexibility index (Phi) is 7.34. The van der Waals surface area contributed by atoms with Crippen LogP contribution in [0, 0.1) is 5.92 Å². The molecule has 1 fully saturated rings. The average molecular weight is 271 g/mol. The third kappa shape index (κ3) is 5.09. The standard InChI is InChI=1S/C14H29N3O2/c1-4-16(5-2)10-12-6-8-17(9-7-12)14(18)13(15)11-19-3/h12-13H,4-11,15H2,1-3H3. The molecule has 1 aliphatic rings. The Morgan fingerprint density at radius 2 is 1.95 bits per heavy atom. The van der Waals surface area contributed by atoms with E-state index in [-0.39, 0.29) is 5.91 Å². The number of carbonyl (C=O) groups excluding carboxylic acids is 1. The lowest BCUT2D eigenvalue weighted by Crippen LogP contribution is -2.49. The predicted molar refractivity (Wildman–Crippen MR) is 76.9 cm³/mol. The molecule has 0 aromatic carbocycles. The molecule has 1 unspecified atom stereocenters. The predicted octanol–water partition coefficient (Wildman–Crippen LogP) is 0.541. The number of hydrogen-bond acceptors (Lipinski definition) is 4. The molecule has 2 N–H and O–H groups in total. The van der Waals surface area contributed by atoms with Gasteiger partial charge in [0.25, 0.3) is 0 Å². The monoisotopic (exact) mass is 271 g/mol. The Morgan fingerprint density at radius 3 is 2.42 bits per heavy atom. The van der Waals surface area contributed by atoms with Crippen LogP contribution in [-0.4, -0.2) is 68.2 Å². The molecule has 1 heterocycles. The zero-order valence-electron chi connectivity index (χ0n) is 12.6. The third-order valence-corrected chi connectivity index (χ3v) is 4.00. The van der Waals surface area contributed by atoms with E-state index in [4.69, 9.17) is 10.5 Å². The number of ether oxygens (including phenoxy) is 1. The van der Waals surface area contributed by atoms with Crippen LogP contribution in [0.5, 0.6) is 0 Å². The van der Waals surface area contributed by atoms with Gasteiger partial charge in [-0.25, -0.2) is 0 Å². The van der Waals surface area contributed by atoms with Crippen molar-refractivity contribution >= 4 is 5.91 Å². The summed E-state index contributed by atoms with van der Waals surface area (Å²) in [6.07, 6.45) is 2.17. The molecule has 19 heavy (non-hydrogen) atoms. The molecule has 1 saturated heterocycles. The van der Waals surface area contributed by atoms with Crippen LogP contribution in [0.4, 0.5) is 0 Å². The molecular weight excluding hydrogens is 242 g/mol. The van der Waals surface area contributed by atoms with Crippen molar-refractivity contribution in [2.45, 2.75) is 32.7 Å². The van der Waals surface area contributed by atoms with E-state index < -0.39 is 6.04 Å². The van der Waals surface area contributed by atoms with Crippen molar-refractivity contribution in [1.29, 1.82) is 0 Å². The Hall–Kier alpha value is -0.650. The smallest absolute Gasteiger partial charge is 0.241 e. The zero-order valence-corrected chi connectivity index (χ0v) is 12.6. The molecule has 0 radical (unpaired) electrons. The SMILES string of the molecule is CCN(CC)CC1CCN(C(=O)C(N)COC)CC1. The van der Waals surface area contributed by atoms with Gasteiger partial charge in [0.1, 0.15) is 6.04 Å². The molecule has 1 atom stereocenters. The summed E-state index contributed by atoms with van der Waals surface area (Å²) in [5.74, 6) is 0.741.